The second-order valence-corrected chi connectivity index (χ2v) is 6.71. The number of rotatable bonds is 5. The lowest BCUT2D eigenvalue weighted by Gasteiger charge is -2.18. The SMILES string of the molecule is Cc1ccc(-c2noc(C(C)OC(=O)Cc3ccc4c(c3)OCCO4)n2)cc1F. The maximum absolute atomic E-state index is 13.7. The van der Waals surface area contributed by atoms with E-state index in [4.69, 9.17) is 18.7 Å². The summed E-state index contributed by atoms with van der Waals surface area (Å²) in [4.78, 5) is 16.5. The van der Waals surface area contributed by atoms with Gasteiger partial charge in [0.15, 0.2) is 17.6 Å². The average molecular weight is 398 g/mol. The monoisotopic (exact) mass is 398 g/mol. The number of halogens is 1. The Kier molecular flexibility index (Phi) is 5.16. The van der Waals surface area contributed by atoms with Crippen molar-refractivity contribution in [3.05, 3.63) is 59.2 Å². The van der Waals surface area contributed by atoms with E-state index >= 15 is 0 Å². The fourth-order valence-corrected chi connectivity index (χ4v) is 2.90. The highest BCUT2D eigenvalue weighted by Gasteiger charge is 2.20. The van der Waals surface area contributed by atoms with E-state index in [9.17, 15) is 9.18 Å². The molecule has 3 aromatic rings. The van der Waals surface area contributed by atoms with Gasteiger partial charge in [0.2, 0.25) is 5.82 Å². The number of carbonyl (C=O) groups is 1. The molecule has 0 saturated heterocycles. The zero-order valence-corrected chi connectivity index (χ0v) is 16.0. The van der Waals surface area contributed by atoms with Crippen molar-refractivity contribution in [2.45, 2.75) is 26.4 Å². The third kappa shape index (κ3) is 4.21. The minimum absolute atomic E-state index is 0.0607. The lowest BCUT2D eigenvalue weighted by molar-refractivity contribution is -0.148. The largest absolute Gasteiger partial charge is 0.486 e. The minimum atomic E-state index is -0.740. The van der Waals surface area contributed by atoms with E-state index in [1.165, 1.54) is 6.07 Å². The van der Waals surface area contributed by atoms with Gasteiger partial charge in [-0.2, -0.15) is 4.98 Å². The summed E-state index contributed by atoms with van der Waals surface area (Å²) in [5.74, 6) is 0.836. The van der Waals surface area contributed by atoms with Gasteiger partial charge in [-0.05, 0) is 43.2 Å². The molecule has 4 rings (SSSR count). The summed E-state index contributed by atoms with van der Waals surface area (Å²) >= 11 is 0. The van der Waals surface area contributed by atoms with Gasteiger partial charge in [-0.15, -0.1) is 0 Å². The van der Waals surface area contributed by atoms with Crippen LogP contribution in [0.1, 0.15) is 30.0 Å². The zero-order valence-electron chi connectivity index (χ0n) is 16.0. The number of aryl methyl sites for hydroxylation is 1. The quantitative estimate of drug-likeness (QED) is 0.605. The molecule has 1 aromatic heterocycles. The van der Waals surface area contributed by atoms with Crippen molar-refractivity contribution in [1.82, 2.24) is 10.1 Å². The summed E-state index contributed by atoms with van der Waals surface area (Å²) in [6.07, 6.45) is -0.679. The average Bonchev–Trinajstić information content (AvgIpc) is 3.20. The molecule has 0 spiro atoms. The molecule has 29 heavy (non-hydrogen) atoms. The van der Waals surface area contributed by atoms with E-state index in [0.29, 0.717) is 35.8 Å². The fourth-order valence-electron chi connectivity index (χ4n) is 2.90. The highest BCUT2D eigenvalue weighted by molar-refractivity contribution is 5.73. The Morgan fingerprint density at radius 1 is 1.17 bits per heavy atom. The van der Waals surface area contributed by atoms with Gasteiger partial charge in [0.05, 0.1) is 6.42 Å². The van der Waals surface area contributed by atoms with Gasteiger partial charge in [0.1, 0.15) is 19.0 Å². The number of benzene rings is 2. The van der Waals surface area contributed by atoms with Crippen LogP contribution in [0.2, 0.25) is 0 Å². The van der Waals surface area contributed by atoms with Crippen molar-refractivity contribution < 1.29 is 27.9 Å². The Bertz CT molecular complexity index is 1050. The third-order valence-electron chi connectivity index (χ3n) is 4.48. The molecular weight excluding hydrogens is 379 g/mol. The molecule has 0 radical (unpaired) electrons. The van der Waals surface area contributed by atoms with Crippen molar-refractivity contribution in [3.8, 4) is 22.9 Å². The van der Waals surface area contributed by atoms with Crippen LogP contribution >= 0.6 is 0 Å². The van der Waals surface area contributed by atoms with Crippen molar-refractivity contribution in [1.29, 1.82) is 0 Å². The van der Waals surface area contributed by atoms with Crippen molar-refractivity contribution >= 4 is 5.97 Å². The van der Waals surface area contributed by atoms with Crippen LogP contribution in [-0.2, 0) is 16.0 Å². The van der Waals surface area contributed by atoms with Crippen molar-refractivity contribution in [3.63, 3.8) is 0 Å². The van der Waals surface area contributed by atoms with Crippen molar-refractivity contribution in [2.75, 3.05) is 13.2 Å². The highest BCUT2D eigenvalue weighted by Crippen LogP contribution is 2.31. The summed E-state index contributed by atoms with van der Waals surface area (Å²) in [5.41, 5.74) is 1.75. The zero-order chi connectivity index (χ0) is 20.4. The van der Waals surface area contributed by atoms with E-state index in [1.54, 1.807) is 44.2 Å². The third-order valence-corrected chi connectivity index (χ3v) is 4.48. The van der Waals surface area contributed by atoms with Gasteiger partial charge in [0.25, 0.3) is 5.89 Å². The van der Waals surface area contributed by atoms with E-state index in [2.05, 4.69) is 10.1 Å². The van der Waals surface area contributed by atoms with E-state index < -0.39 is 12.1 Å². The summed E-state index contributed by atoms with van der Waals surface area (Å²) in [7, 11) is 0. The first-order chi connectivity index (χ1) is 14.0. The predicted molar refractivity (Wildman–Crippen MR) is 100 cm³/mol. The van der Waals surface area contributed by atoms with Crippen LogP contribution in [0.3, 0.4) is 0 Å². The first-order valence-electron chi connectivity index (χ1n) is 9.18. The van der Waals surface area contributed by atoms with Gasteiger partial charge in [-0.1, -0.05) is 23.4 Å². The second kappa shape index (κ2) is 7.90. The van der Waals surface area contributed by atoms with E-state index in [-0.39, 0.29) is 24.0 Å². The first-order valence-corrected chi connectivity index (χ1v) is 9.18. The molecule has 0 amide bonds. The molecule has 150 valence electrons. The smallest absolute Gasteiger partial charge is 0.311 e. The van der Waals surface area contributed by atoms with Crippen LogP contribution in [-0.4, -0.2) is 29.3 Å². The Hall–Kier alpha value is -3.42. The van der Waals surface area contributed by atoms with E-state index in [0.717, 1.165) is 5.56 Å². The molecule has 1 aliphatic rings. The Balaban J connectivity index is 1.40. The van der Waals surface area contributed by atoms with Gasteiger partial charge < -0.3 is 18.7 Å². The van der Waals surface area contributed by atoms with Crippen LogP contribution in [0.25, 0.3) is 11.4 Å². The van der Waals surface area contributed by atoms with Crippen LogP contribution < -0.4 is 9.47 Å². The summed E-state index contributed by atoms with van der Waals surface area (Å²) in [6.45, 7) is 4.29. The Labute approximate surface area is 166 Å². The molecule has 0 bridgehead atoms. The van der Waals surface area contributed by atoms with E-state index in [1.807, 2.05) is 0 Å². The first kappa shape index (κ1) is 18.9. The molecular formula is C21H19FN2O5. The maximum atomic E-state index is 13.7. The molecule has 0 aliphatic carbocycles. The topological polar surface area (TPSA) is 83.7 Å². The highest BCUT2D eigenvalue weighted by atomic mass is 19.1. The van der Waals surface area contributed by atoms with Crippen LogP contribution in [0.5, 0.6) is 11.5 Å². The minimum Gasteiger partial charge on any atom is -0.486 e. The van der Waals surface area contributed by atoms with Crippen LogP contribution in [0.4, 0.5) is 4.39 Å². The molecule has 2 aromatic carbocycles. The molecule has 1 atom stereocenters. The van der Waals surface area contributed by atoms with Gasteiger partial charge in [0, 0.05) is 5.56 Å². The number of fused-ring (bicyclic) bond motifs is 1. The van der Waals surface area contributed by atoms with Gasteiger partial charge in [-0.25, -0.2) is 4.39 Å². The fraction of sp³-hybridized carbons (Fsp3) is 0.286. The van der Waals surface area contributed by atoms with Gasteiger partial charge in [-0.3, -0.25) is 4.79 Å². The van der Waals surface area contributed by atoms with Crippen LogP contribution in [0, 0.1) is 12.7 Å². The molecule has 0 saturated carbocycles. The second-order valence-electron chi connectivity index (χ2n) is 6.71. The van der Waals surface area contributed by atoms with Gasteiger partial charge >= 0.3 is 5.97 Å². The molecule has 1 aliphatic heterocycles. The molecule has 8 heteroatoms. The number of ether oxygens (including phenoxy) is 3. The number of aromatic nitrogens is 2. The predicted octanol–water partition coefficient (Wildman–Crippen LogP) is 3.80. The number of esters is 1. The molecule has 0 N–H and O–H groups in total. The molecule has 1 unspecified atom stereocenters. The Morgan fingerprint density at radius 3 is 2.76 bits per heavy atom. The van der Waals surface area contributed by atoms with Crippen molar-refractivity contribution in [2.24, 2.45) is 0 Å². The number of hydrogen-bond donors (Lipinski definition) is 0. The standard InChI is InChI=1S/C21H19FN2O5/c1-12-3-5-15(11-16(12)22)20-23-21(29-24-20)13(2)28-19(25)10-14-4-6-17-18(9-14)27-8-7-26-17/h3-6,9,11,13H,7-8,10H2,1-2H3. The number of carbonyl (C=O) groups excluding carboxylic acids is 1. The lowest BCUT2D eigenvalue weighted by Crippen LogP contribution is -2.16. The summed E-state index contributed by atoms with van der Waals surface area (Å²) in [5, 5.41) is 3.84. The Morgan fingerprint density at radius 2 is 1.97 bits per heavy atom. The normalized spacial score (nSPS) is 13.8. The number of hydrogen-bond acceptors (Lipinski definition) is 7. The summed E-state index contributed by atoms with van der Waals surface area (Å²) < 4.78 is 35.3. The molecule has 2 heterocycles. The van der Waals surface area contributed by atoms with Crippen LogP contribution in [0.15, 0.2) is 40.9 Å². The summed E-state index contributed by atoms with van der Waals surface area (Å²) in [6, 6.07) is 9.99. The lowest BCUT2D eigenvalue weighted by atomic mass is 10.1. The molecule has 0 fully saturated rings. The molecule has 7 nitrogen and oxygen atoms in total. The number of nitrogens with zero attached hydrogens (tertiary/aromatic N) is 2. The maximum Gasteiger partial charge on any atom is 0.311 e.